The van der Waals surface area contributed by atoms with Gasteiger partial charge in [0.25, 0.3) is 0 Å². The number of ether oxygens (including phenoxy) is 1. The van der Waals surface area contributed by atoms with Crippen molar-refractivity contribution in [3.8, 4) is 0 Å². The van der Waals surface area contributed by atoms with E-state index in [9.17, 15) is 5.11 Å². The summed E-state index contributed by atoms with van der Waals surface area (Å²) in [5.74, 6) is 0. The summed E-state index contributed by atoms with van der Waals surface area (Å²) < 4.78 is 5.64. The Morgan fingerprint density at radius 3 is 2.82 bits per heavy atom. The average Bonchev–Trinajstić information content (AvgIpc) is 2.80. The Morgan fingerprint density at radius 1 is 1.53 bits per heavy atom. The van der Waals surface area contributed by atoms with Crippen molar-refractivity contribution in [1.29, 1.82) is 0 Å². The normalized spacial score (nSPS) is 24.2. The summed E-state index contributed by atoms with van der Waals surface area (Å²) in [5.41, 5.74) is 4.80. The third-order valence-corrected chi connectivity index (χ3v) is 3.56. The Morgan fingerprint density at radius 2 is 2.29 bits per heavy atom. The van der Waals surface area contributed by atoms with Crippen molar-refractivity contribution in [3.05, 3.63) is 0 Å². The lowest BCUT2D eigenvalue weighted by molar-refractivity contribution is 0.0480. The third kappa shape index (κ3) is 5.82. The van der Waals surface area contributed by atoms with Crippen LogP contribution in [0.1, 0.15) is 39.5 Å². The number of hydrogen-bond donors (Lipinski definition) is 2. The molecule has 1 fully saturated rings. The summed E-state index contributed by atoms with van der Waals surface area (Å²) in [4.78, 5) is 2.41. The van der Waals surface area contributed by atoms with E-state index in [1.54, 1.807) is 0 Å². The highest BCUT2D eigenvalue weighted by atomic mass is 16.5. The van der Waals surface area contributed by atoms with Crippen molar-refractivity contribution in [3.63, 3.8) is 0 Å². The molecule has 0 aromatic heterocycles. The van der Waals surface area contributed by atoms with Crippen LogP contribution in [-0.4, -0.2) is 54.5 Å². The van der Waals surface area contributed by atoms with E-state index >= 15 is 0 Å². The van der Waals surface area contributed by atoms with Gasteiger partial charge in [-0.25, -0.2) is 0 Å². The number of likely N-dealkylation sites (N-methyl/N-ethyl adjacent to an activating group) is 1. The Labute approximate surface area is 105 Å². The maximum atomic E-state index is 9.82. The topological polar surface area (TPSA) is 58.7 Å². The van der Waals surface area contributed by atoms with Gasteiger partial charge in [-0.2, -0.15) is 0 Å². The van der Waals surface area contributed by atoms with Crippen LogP contribution >= 0.6 is 0 Å². The van der Waals surface area contributed by atoms with Gasteiger partial charge in [-0.05, 0) is 45.7 Å². The minimum atomic E-state index is -0.705. The highest BCUT2D eigenvalue weighted by Crippen LogP contribution is 2.15. The van der Waals surface area contributed by atoms with Crippen molar-refractivity contribution in [1.82, 2.24) is 4.90 Å². The Balaban J connectivity index is 2.17. The van der Waals surface area contributed by atoms with E-state index in [1.165, 1.54) is 12.8 Å². The summed E-state index contributed by atoms with van der Waals surface area (Å²) in [6.07, 6.45) is 4.57. The van der Waals surface area contributed by atoms with Gasteiger partial charge in [0.2, 0.25) is 0 Å². The predicted molar refractivity (Wildman–Crippen MR) is 70.0 cm³/mol. The standard InChI is InChI=1S/C13H28N2O2/c1-3-15(10-12-6-4-9-17-12)8-5-7-13(2,16)11-14/h12,16H,3-11,14H2,1-2H3. The second kappa shape index (κ2) is 7.31. The summed E-state index contributed by atoms with van der Waals surface area (Å²) >= 11 is 0. The molecule has 0 amide bonds. The van der Waals surface area contributed by atoms with Crippen molar-refractivity contribution in [2.45, 2.75) is 51.2 Å². The van der Waals surface area contributed by atoms with Gasteiger partial charge in [0.05, 0.1) is 11.7 Å². The van der Waals surface area contributed by atoms with E-state index in [1.807, 2.05) is 6.92 Å². The zero-order chi connectivity index (χ0) is 12.7. The van der Waals surface area contributed by atoms with Crippen LogP contribution in [0.3, 0.4) is 0 Å². The smallest absolute Gasteiger partial charge is 0.0741 e. The second-order valence-corrected chi connectivity index (χ2v) is 5.33. The highest BCUT2D eigenvalue weighted by molar-refractivity contribution is 4.75. The zero-order valence-electron chi connectivity index (χ0n) is 11.3. The lowest BCUT2D eigenvalue weighted by atomic mass is 10.0. The molecule has 2 unspecified atom stereocenters. The van der Waals surface area contributed by atoms with Gasteiger partial charge < -0.3 is 20.5 Å². The van der Waals surface area contributed by atoms with E-state index in [2.05, 4.69) is 11.8 Å². The molecule has 0 aromatic rings. The van der Waals surface area contributed by atoms with Crippen molar-refractivity contribution >= 4 is 0 Å². The van der Waals surface area contributed by atoms with Crippen LogP contribution in [-0.2, 0) is 4.74 Å². The largest absolute Gasteiger partial charge is 0.389 e. The van der Waals surface area contributed by atoms with Crippen LogP contribution in [0.2, 0.25) is 0 Å². The molecule has 4 nitrogen and oxygen atoms in total. The molecule has 102 valence electrons. The first-order chi connectivity index (χ1) is 8.07. The van der Waals surface area contributed by atoms with Gasteiger partial charge in [-0.1, -0.05) is 6.92 Å². The monoisotopic (exact) mass is 244 g/mol. The van der Waals surface area contributed by atoms with Crippen LogP contribution < -0.4 is 5.73 Å². The van der Waals surface area contributed by atoms with Gasteiger partial charge in [-0.3, -0.25) is 0 Å². The maximum Gasteiger partial charge on any atom is 0.0741 e. The first-order valence-electron chi connectivity index (χ1n) is 6.84. The van der Waals surface area contributed by atoms with E-state index in [0.29, 0.717) is 12.6 Å². The predicted octanol–water partition coefficient (Wildman–Crippen LogP) is 0.977. The number of rotatable bonds is 8. The van der Waals surface area contributed by atoms with E-state index in [4.69, 9.17) is 10.5 Å². The molecule has 0 saturated carbocycles. The molecule has 0 aromatic carbocycles. The molecule has 1 rings (SSSR count). The summed E-state index contributed by atoms with van der Waals surface area (Å²) in [6, 6.07) is 0. The molecule has 2 atom stereocenters. The summed E-state index contributed by atoms with van der Waals surface area (Å²) in [6.45, 7) is 8.34. The highest BCUT2D eigenvalue weighted by Gasteiger charge is 2.20. The van der Waals surface area contributed by atoms with Gasteiger partial charge in [0.1, 0.15) is 0 Å². The summed E-state index contributed by atoms with van der Waals surface area (Å²) in [7, 11) is 0. The lowest BCUT2D eigenvalue weighted by Gasteiger charge is -2.26. The first kappa shape index (κ1) is 14.9. The Hall–Kier alpha value is -0.160. The number of nitrogens with two attached hydrogens (primary N) is 1. The van der Waals surface area contributed by atoms with Crippen LogP contribution in [0.25, 0.3) is 0 Å². The van der Waals surface area contributed by atoms with Gasteiger partial charge in [0.15, 0.2) is 0 Å². The second-order valence-electron chi connectivity index (χ2n) is 5.33. The van der Waals surface area contributed by atoms with Gasteiger partial charge in [-0.15, -0.1) is 0 Å². The molecule has 17 heavy (non-hydrogen) atoms. The maximum absolute atomic E-state index is 9.82. The van der Waals surface area contributed by atoms with Crippen LogP contribution in [0, 0.1) is 0 Å². The zero-order valence-corrected chi connectivity index (χ0v) is 11.3. The molecule has 1 aliphatic heterocycles. The molecular weight excluding hydrogens is 216 g/mol. The van der Waals surface area contributed by atoms with Crippen molar-refractivity contribution in [2.75, 3.05) is 32.8 Å². The molecule has 0 radical (unpaired) electrons. The molecule has 1 saturated heterocycles. The molecule has 4 heteroatoms. The van der Waals surface area contributed by atoms with E-state index in [0.717, 1.165) is 39.1 Å². The summed E-state index contributed by atoms with van der Waals surface area (Å²) in [5, 5.41) is 9.82. The van der Waals surface area contributed by atoms with Crippen LogP contribution in [0.15, 0.2) is 0 Å². The molecule has 0 spiro atoms. The SMILES string of the molecule is CCN(CCCC(C)(O)CN)CC1CCCO1. The van der Waals surface area contributed by atoms with Crippen molar-refractivity contribution in [2.24, 2.45) is 5.73 Å². The van der Waals surface area contributed by atoms with Crippen LogP contribution in [0.5, 0.6) is 0 Å². The van der Waals surface area contributed by atoms with E-state index in [-0.39, 0.29) is 0 Å². The Bertz CT molecular complexity index is 204. The fourth-order valence-electron chi connectivity index (χ4n) is 2.24. The van der Waals surface area contributed by atoms with Crippen LogP contribution in [0.4, 0.5) is 0 Å². The molecule has 1 heterocycles. The quantitative estimate of drug-likeness (QED) is 0.668. The Kier molecular flexibility index (Phi) is 6.41. The minimum Gasteiger partial charge on any atom is -0.389 e. The van der Waals surface area contributed by atoms with E-state index < -0.39 is 5.60 Å². The number of aliphatic hydroxyl groups is 1. The minimum absolute atomic E-state index is 0.338. The molecule has 3 N–H and O–H groups in total. The van der Waals surface area contributed by atoms with Crippen molar-refractivity contribution < 1.29 is 9.84 Å². The average molecular weight is 244 g/mol. The molecule has 0 bridgehead atoms. The molecular formula is C13H28N2O2. The molecule has 1 aliphatic rings. The fraction of sp³-hybridized carbons (Fsp3) is 1.00. The first-order valence-corrected chi connectivity index (χ1v) is 6.84. The number of hydrogen-bond acceptors (Lipinski definition) is 4. The van der Waals surface area contributed by atoms with Gasteiger partial charge >= 0.3 is 0 Å². The third-order valence-electron chi connectivity index (χ3n) is 3.56. The number of nitrogens with zero attached hydrogens (tertiary/aromatic N) is 1. The lowest BCUT2D eigenvalue weighted by Crippen LogP contribution is -2.37. The van der Waals surface area contributed by atoms with Gasteiger partial charge in [0, 0.05) is 19.7 Å². The molecule has 0 aliphatic carbocycles. The fourth-order valence-corrected chi connectivity index (χ4v) is 2.24.